The van der Waals surface area contributed by atoms with E-state index in [1.807, 2.05) is 30.3 Å². The smallest absolute Gasteiger partial charge is 0.265 e. The van der Waals surface area contributed by atoms with Crippen LogP contribution in [0.15, 0.2) is 47.2 Å². The van der Waals surface area contributed by atoms with Crippen LogP contribution in [0.3, 0.4) is 0 Å². The van der Waals surface area contributed by atoms with Gasteiger partial charge in [0, 0.05) is 41.8 Å². The molecule has 1 saturated heterocycles. The van der Waals surface area contributed by atoms with Crippen molar-refractivity contribution in [1.29, 1.82) is 0 Å². The number of carbonyl (C=O) groups excluding carboxylic acids is 3. The zero-order valence-electron chi connectivity index (χ0n) is 18.2. The monoisotopic (exact) mass is 473 g/mol. The SMILES string of the molecule is O=C(NC1(C(=O)c2ncco2)CC1)C(CC(=O)N1CCOCC1)CS(=O)Cc1ccccc1. The van der Waals surface area contributed by atoms with Gasteiger partial charge in [-0.3, -0.25) is 18.6 Å². The number of nitrogens with one attached hydrogen (secondary N) is 1. The summed E-state index contributed by atoms with van der Waals surface area (Å²) in [6, 6.07) is 9.36. The van der Waals surface area contributed by atoms with Gasteiger partial charge in [-0.1, -0.05) is 30.3 Å². The van der Waals surface area contributed by atoms with E-state index in [9.17, 15) is 18.6 Å². The van der Waals surface area contributed by atoms with Crippen LogP contribution in [0.2, 0.25) is 0 Å². The average Bonchev–Trinajstić information content (AvgIpc) is 3.39. The molecule has 2 fully saturated rings. The van der Waals surface area contributed by atoms with E-state index in [2.05, 4.69) is 10.3 Å². The molecule has 0 bridgehead atoms. The second-order valence-corrected chi connectivity index (χ2v) is 9.87. The predicted molar refractivity (Wildman–Crippen MR) is 120 cm³/mol. The minimum atomic E-state index is -1.36. The lowest BCUT2D eigenvalue weighted by atomic mass is 10.0. The molecule has 1 aromatic heterocycles. The van der Waals surface area contributed by atoms with Gasteiger partial charge in [0.25, 0.3) is 5.89 Å². The number of carbonyl (C=O) groups is 3. The first-order chi connectivity index (χ1) is 16.0. The van der Waals surface area contributed by atoms with E-state index in [0.717, 1.165) is 5.56 Å². The number of amides is 2. The van der Waals surface area contributed by atoms with Crippen LogP contribution in [0.25, 0.3) is 0 Å². The first kappa shape index (κ1) is 23.3. The number of ether oxygens (including phenoxy) is 1. The van der Waals surface area contributed by atoms with Crippen LogP contribution in [0.1, 0.15) is 35.5 Å². The Kier molecular flexibility index (Phi) is 7.34. The van der Waals surface area contributed by atoms with Gasteiger partial charge in [0.15, 0.2) is 0 Å². The van der Waals surface area contributed by atoms with Crippen molar-refractivity contribution in [1.82, 2.24) is 15.2 Å². The molecule has 1 aliphatic heterocycles. The molecule has 2 aromatic rings. The number of Topliss-reactive ketones (excluding diaryl/α,β-unsaturated/α-hetero) is 1. The van der Waals surface area contributed by atoms with Crippen LogP contribution in [0.4, 0.5) is 0 Å². The third-order valence-corrected chi connectivity index (χ3v) is 7.32. The molecule has 4 rings (SSSR count). The highest BCUT2D eigenvalue weighted by atomic mass is 32.2. The highest BCUT2D eigenvalue weighted by Crippen LogP contribution is 2.38. The number of ketones is 1. The van der Waals surface area contributed by atoms with Crippen molar-refractivity contribution in [3.63, 3.8) is 0 Å². The molecule has 176 valence electrons. The van der Waals surface area contributed by atoms with Gasteiger partial charge in [0.2, 0.25) is 17.6 Å². The molecule has 10 heteroatoms. The Labute approximate surface area is 194 Å². The zero-order valence-corrected chi connectivity index (χ0v) is 19.1. The fourth-order valence-electron chi connectivity index (χ4n) is 3.84. The van der Waals surface area contributed by atoms with Crippen molar-refractivity contribution in [2.45, 2.75) is 30.6 Å². The second kappa shape index (κ2) is 10.4. The lowest BCUT2D eigenvalue weighted by Gasteiger charge is -2.28. The molecule has 0 spiro atoms. The van der Waals surface area contributed by atoms with Crippen molar-refractivity contribution in [3.05, 3.63) is 54.2 Å². The fraction of sp³-hybridized carbons (Fsp3) is 0.478. The van der Waals surface area contributed by atoms with Gasteiger partial charge < -0.3 is 19.4 Å². The first-order valence-electron chi connectivity index (χ1n) is 11.0. The van der Waals surface area contributed by atoms with E-state index in [4.69, 9.17) is 9.15 Å². The molecule has 2 aliphatic rings. The van der Waals surface area contributed by atoms with E-state index in [0.29, 0.717) is 39.1 Å². The molecule has 1 saturated carbocycles. The van der Waals surface area contributed by atoms with Crippen LogP contribution >= 0.6 is 0 Å². The number of nitrogens with zero attached hydrogens (tertiary/aromatic N) is 2. The summed E-state index contributed by atoms with van der Waals surface area (Å²) in [5, 5.41) is 2.81. The van der Waals surface area contributed by atoms with Gasteiger partial charge in [-0.25, -0.2) is 4.98 Å². The molecule has 2 heterocycles. The second-order valence-electron chi connectivity index (χ2n) is 8.37. The summed E-state index contributed by atoms with van der Waals surface area (Å²) < 4.78 is 23.3. The Morgan fingerprint density at radius 3 is 2.52 bits per heavy atom. The summed E-state index contributed by atoms with van der Waals surface area (Å²) in [5.74, 6) is -1.57. The summed E-state index contributed by atoms with van der Waals surface area (Å²) in [5.41, 5.74) is -0.171. The Morgan fingerprint density at radius 1 is 1.15 bits per heavy atom. The van der Waals surface area contributed by atoms with Gasteiger partial charge >= 0.3 is 0 Å². The summed E-state index contributed by atoms with van der Waals surface area (Å²) in [6.07, 6.45) is 3.55. The van der Waals surface area contributed by atoms with Gasteiger partial charge in [-0.05, 0) is 18.4 Å². The van der Waals surface area contributed by atoms with Gasteiger partial charge in [-0.2, -0.15) is 0 Å². The minimum absolute atomic E-state index is 0.0279. The summed E-state index contributed by atoms with van der Waals surface area (Å²) in [6.45, 7) is 1.84. The molecule has 1 aromatic carbocycles. The number of morpholine rings is 1. The number of benzene rings is 1. The van der Waals surface area contributed by atoms with Crippen LogP contribution < -0.4 is 5.32 Å². The van der Waals surface area contributed by atoms with Crippen molar-refractivity contribution in [3.8, 4) is 0 Å². The molecule has 9 nitrogen and oxygen atoms in total. The fourth-order valence-corrected chi connectivity index (χ4v) is 5.24. The van der Waals surface area contributed by atoms with Crippen LogP contribution in [-0.2, 0) is 30.9 Å². The lowest BCUT2D eigenvalue weighted by molar-refractivity contribution is -0.139. The summed E-state index contributed by atoms with van der Waals surface area (Å²) in [7, 11) is -1.36. The topological polar surface area (TPSA) is 119 Å². The maximum absolute atomic E-state index is 13.2. The van der Waals surface area contributed by atoms with E-state index >= 15 is 0 Å². The molecule has 2 amide bonds. The van der Waals surface area contributed by atoms with Crippen molar-refractivity contribution in [2.75, 3.05) is 32.1 Å². The van der Waals surface area contributed by atoms with Crippen molar-refractivity contribution >= 4 is 28.4 Å². The van der Waals surface area contributed by atoms with E-state index in [1.54, 1.807) is 4.90 Å². The standard InChI is InChI=1S/C23H27N3O6S/c27-19(26-9-12-31-13-10-26)14-18(16-33(30)15-17-4-2-1-3-5-17)21(29)25-23(6-7-23)20(28)22-24-8-11-32-22/h1-5,8,11,18H,6-7,9-10,12-16H2,(H,25,29). The summed E-state index contributed by atoms with van der Waals surface area (Å²) in [4.78, 5) is 44.4. The Hall–Kier alpha value is -2.85. The highest BCUT2D eigenvalue weighted by molar-refractivity contribution is 7.84. The quantitative estimate of drug-likeness (QED) is 0.517. The number of rotatable bonds is 10. The molecular formula is C23H27N3O6S. The highest BCUT2D eigenvalue weighted by Gasteiger charge is 2.53. The van der Waals surface area contributed by atoms with E-state index in [1.165, 1.54) is 12.5 Å². The molecule has 0 radical (unpaired) electrons. The average molecular weight is 474 g/mol. The minimum Gasteiger partial charge on any atom is -0.442 e. The molecule has 2 atom stereocenters. The van der Waals surface area contributed by atoms with E-state index < -0.39 is 28.2 Å². The zero-order chi connectivity index (χ0) is 23.3. The first-order valence-corrected chi connectivity index (χ1v) is 12.5. The summed E-state index contributed by atoms with van der Waals surface area (Å²) >= 11 is 0. The normalized spacial score (nSPS) is 18.8. The third-order valence-electron chi connectivity index (χ3n) is 5.89. The van der Waals surface area contributed by atoms with Crippen molar-refractivity contribution in [2.24, 2.45) is 5.92 Å². The molecule has 1 N–H and O–H groups in total. The van der Waals surface area contributed by atoms with Crippen LogP contribution in [-0.4, -0.2) is 69.3 Å². The van der Waals surface area contributed by atoms with E-state index in [-0.39, 0.29) is 35.5 Å². The number of hydrogen-bond acceptors (Lipinski definition) is 7. The Balaban J connectivity index is 1.45. The van der Waals surface area contributed by atoms with Gasteiger partial charge in [-0.15, -0.1) is 0 Å². The molecule has 33 heavy (non-hydrogen) atoms. The van der Waals surface area contributed by atoms with Gasteiger partial charge in [0.05, 0.1) is 25.3 Å². The maximum atomic E-state index is 13.2. The predicted octanol–water partition coefficient (Wildman–Crippen LogP) is 1.32. The Bertz CT molecular complexity index is 1000. The number of hydrogen-bond donors (Lipinski definition) is 1. The molecular weight excluding hydrogens is 446 g/mol. The van der Waals surface area contributed by atoms with Gasteiger partial charge in [0.1, 0.15) is 11.8 Å². The maximum Gasteiger partial charge on any atom is 0.265 e. The molecule has 1 aliphatic carbocycles. The van der Waals surface area contributed by atoms with Crippen LogP contribution in [0.5, 0.6) is 0 Å². The lowest BCUT2D eigenvalue weighted by Crippen LogP contribution is -2.48. The largest absolute Gasteiger partial charge is 0.442 e. The van der Waals surface area contributed by atoms with Crippen LogP contribution in [0, 0.1) is 5.92 Å². The number of aromatic nitrogens is 1. The number of oxazole rings is 1. The molecule has 2 unspecified atom stereocenters. The Morgan fingerprint density at radius 2 is 1.88 bits per heavy atom. The van der Waals surface area contributed by atoms with Crippen molar-refractivity contribution < 1.29 is 27.7 Å². The third kappa shape index (κ3) is 5.94.